The van der Waals surface area contributed by atoms with Gasteiger partial charge in [0.05, 0.1) is 0 Å². The van der Waals surface area contributed by atoms with Crippen molar-refractivity contribution in [2.75, 3.05) is 6.54 Å². The monoisotopic (exact) mass is 364 g/mol. The maximum Gasteiger partial charge on any atom is 0.339 e. The Balaban J connectivity index is 1.98. The van der Waals surface area contributed by atoms with Gasteiger partial charge in [-0.05, 0) is 48.4 Å². The first kappa shape index (κ1) is 18.6. The summed E-state index contributed by atoms with van der Waals surface area (Å²) in [5.74, 6) is 0.126. The van der Waals surface area contributed by atoms with E-state index >= 15 is 0 Å². The summed E-state index contributed by atoms with van der Waals surface area (Å²) < 4.78 is 29.4. The number of phenolic OH excluding ortho intramolecular Hbond substituents is 1. The molecule has 0 aromatic heterocycles. The maximum atomic E-state index is 12.2. The van der Waals surface area contributed by atoms with E-state index in [1.165, 1.54) is 36.4 Å². The molecule has 134 valence electrons. The number of benzene rings is 2. The van der Waals surface area contributed by atoms with Gasteiger partial charge in [-0.15, -0.1) is 0 Å². The van der Waals surface area contributed by atoms with Crippen molar-refractivity contribution in [3.63, 3.8) is 0 Å². The van der Waals surface area contributed by atoms with E-state index in [-0.39, 0.29) is 29.0 Å². The molecule has 0 atom stereocenters. The van der Waals surface area contributed by atoms with E-state index in [0.29, 0.717) is 6.54 Å². The second-order valence-electron chi connectivity index (χ2n) is 5.28. The van der Waals surface area contributed by atoms with Crippen molar-refractivity contribution in [3.05, 3.63) is 54.1 Å². The van der Waals surface area contributed by atoms with E-state index < -0.39 is 10.1 Å². The Hall–Kier alpha value is -2.74. The van der Waals surface area contributed by atoms with Crippen LogP contribution in [0.15, 0.2) is 53.4 Å². The molecule has 8 heteroatoms. The number of hydrogen-bond donors (Lipinski definition) is 3. The molecule has 3 N–H and O–H groups in total. The first-order valence-corrected chi connectivity index (χ1v) is 9.15. The molecule has 2 aromatic carbocycles. The van der Waals surface area contributed by atoms with Gasteiger partial charge in [-0.1, -0.05) is 19.1 Å². The molecular weight excluding hydrogens is 344 g/mol. The molecule has 0 radical (unpaired) electrons. The molecule has 0 aliphatic rings. The number of nitrogens with one attached hydrogen (secondary N) is 2. The second kappa shape index (κ2) is 8.39. The van der Waals surface area contributed by atoms with Gasteiger partial charge in [0.2, 0.25) is 0 Å². The summed E-state index contributed by atoms with van der Waals surface area (Å²) in [5, 5.41) is 14.6. The third kappa shape index (κ3) is 5.68. The molecule has 2 amide bonds. The minimum atomic E-state index is -3.97. The van der Waals surface area contributed by atoms with Crippen molar-refractivity contribution in [3.8, 4) is 11.5 Å². The summed E-state index contributed by atoms with van der Waals surface area (Å²) in [6.07, 6.45) is 0.848. The molecule has 0 heterocycles. The SMILES string of the molecule is CCCNC(=O)NCc1ccc(S(=O)(=O)Oc2ccc(O)cc2)cc1. The van der Waals surface area contributed by atoms with Crippen molar-refractivity contribution in [2.45, 2.75) is 24.8 Å². The van der Waals surface area contributed by atoms with Crippen LogP contribution in [0, 0.1) is 0 Å². The quantitative estimate of drug-likeness (QED) is 0.654. The highest BCUT2D eigenvalue weighted by Gasteiger charge is 2.16. The van der Waals surface area contributed by atoms with Crippen LogP contribution in [0.5, 0.6) is 11.5 Å². The number of aromatic hydroxyl groups is 1. The molecule has 0 saturated carbocycles. The van der Waals surface area contributed by atoms with Gasteiger partial charge < -0.3 is 19.9 Å². The van der Waals surface area contributed by atoms with E-state index in [1.54, 1.807) is 12.1 Å². The zero-order valence-corrected chi connectivity index (χ0v) is 14.5. The Labute approximate surface area is 146 Å². The molecule has 25 heavy (non-hydrogen) atoms. The average molecular weight is 364 g/mol. The molecule has 0 saturated heterocycles. The predicted molar refractivity (Wildman–Crippen MR) is 92.9 cm³/mol. The fourth-order valence-corrected chi connectivity index (χ4v) is 2.86. The first-order chi connectivity index (χ1) is 11.9. The standard InChI is InChI=1S/C17H20N2O5S/c1-2-11-18-17(21)19-12-13-3-9-16(10-4-13)25(22,23)24-15-7-5-14(20)6-8-15/h3-10,20H,2,11-12H2,1H3,(H2,18,19,21). The molecule has 0 aliphatic carbocycles. The molecule has 7 nitrogen and oxygen atoms in total. The smallest absolute Gasteiger partial charge is 0.339 e. The second-order valence-corrected chi connectivity index (χ2v) is 6.83. The van der Waals surface area contributed by atoms with Gasteiger partial charge in [0.1, 0.15) is 16.4 Å². The molecule has 0 bridgehead atoms. The van der Waals surface area contributed by atoms with Crippen molar-refractivity contribution >= 4 is 16.1 Å². The molecule has 0 fully saturated rings. The fraction of sp³-hybridized carbons (Fsp3) is 0.235. The number of carbonyl (C=O) groups excluding carboxylic acids is 1. The maximum absolute atomic E-state index is 12.2. The zero-order chi connectivity index (χ0) is 18.3. The van der Waals surface area contributed by atoms with Crippen molar-refractivity contribution in [1.29, 1.82) is 0 Å². The largest absolute Gasteiger partial charge is 0.508 e. The first-order valence-electron chi connectivity index (χ1n) is 7.75. The number of amides is 2. The van der Waals surface area contributed by atoms with Crippen LogP contribution in [0.1, 0.15) is 18.9 Å². The van der Waals surface area contributed by atoms with Crippen LogP contribution in [-0.4, -0.2) is 26.1 Å². The molecule has 0 unspecified atom stereocenters. The van der Waals surface area contributed by atoms with Crippen LogP contribution < -0.4 is 14.8 Å². The molecule has 0 aliphatic heterocycles. The Morgan fingerprint density at radius 1 is 1.04 bits per heavy atom. The molecule has 2 aromatic rings. The number of carbonyl (C=O) groups is 1. The summed E-state index contributed by atoms with van der Waals surface area (Å²) in [6.45, 7) is 2.84. The molecule has 2 rings (SSSR count). The van der Waals surface area contributed by atoms with Gasteiger partial charge in [-0.3, -0.25) is 0 Å². The molecular formula is C17H20N2O5S. The van der Waals surface area contributed by atoms with Gasteiger partial charge in [0.25, 0.3) is 0 Å². The van der Waals surface area contributed by atoms with Gasteiger partial charge >= 0.3 is 16.1 Å². The van der Waals surface area contributed by atoms with Crippen LogP contribution in [0.3, 0.4) is 0 Å². The highest BCUT2D eigenvalue weighted by atomic mass is 32.2. The lowest BCUT2D eigenvalue weighted by atomic mass is 10.2. The number of urea groups is 1. The Kier molecular flexibility index (Phi) is 6.24. The number of phenols is 1. The van der Waals surface area contributed by atoms with E-state index in [1.807, 2.05) is 6.92 Å². The Morgan fingerprint density at radius 3 is 2.28 bits per heavy atom. The van der Waals surface area contributed by atoms with Gasteiger partial charge in [0, 0.05) is 13.1 Å². The number of hydrogen-bond acceptors (Lipinski definition) is 5. The lowest BCUT2D eigenvalue weighted by Gasteiger charge is -2.09. The lowest BCUT2D eigenvalue weighted by Crippen LogP contribution is -2.35. The third-order valence-corrected chi connectivity index (χ3v) is 4.50. The van der Waals surface area contributed by atoms with E-state index in [4.69, 9.17) is 4.18 Å². The van der Waals surface area contributed by atoms with E-state index in [2.05, 4.69) is 10.6 Å². The summed E-state index contributed by atoms with van der Waals surface area (Å²) in [7, 11) is -3.97. The van der Waals surface area contributed by atoms with Gasteiger partial charge in [0.15, 0.2) is 0 Å². The van der Waals surface area contributed by atoms with Crippen LogP contribution in [0.25, 0.3) is 0 Å². The summed E-state index contributed by atoms with van der Waals surface area (Å²) >= 11 is 0. The van der Waals surface area contributed by atoms with E-state index in [0.717, 1.165) is 12.0 Å². The fourth-order valence-electron chi connectivity index (χ4n) is 1.93. The van der Waals surface area contributed by atoms with E-state index in [9.17, 15) is 18.3 Å². The lowest BCUT2D eigenvalue weighted by molar-refractivity contribution is 0.240. The van der Waals surface area contributed by atoms with Crippen LogP contribution in [-0.2, 0) is 16.7 Å². The normalized spacial score (nSPS) is 10.9. The molecule has 0 spiro atoms. The highest BCUT2D eigenvalue weighted by molar-refractivity contribution is 7.87. The Morgan fingerprint density at radius 2 is 1.68 bits per heavy atom. The predicted octanol–water partition coefficient (Wildman–Crippen LogP) is 2.37. The van der Waals surface area contributed by atoms with Crippen LogP contribution in [0.2, 0.25) is 0 Å². The van der Waals surface area contributed by atoms with Crippen LogP contribution in [0.4, 0.5) is 4.79 Å². The topological polar surface area (TPSA) is 105 Å². The summed E-state index contributed by atoms with van der Waals surface area (Å²) in [6, 6.07) is 11.2. The van der Waals surface area contributed by atoms with Crippen molar-refractivity contribution < 1.29 is 22.5 Å². The van der Waals surface area contributed by atoms with Crippen molar-refractivity contribution in [1.82, 2.24) is 10.6 Å². The zero-order valence-electron chi connectivity index (χ0n) is 13.7. The van der Waals surface area contributed by atoms with Crippen LogP contribution >= 0.6 is 0 Å². The Bertz CT molecular complexity index is 802. The summed E-state index contributed by atoms with van der Waals surface area (Å²) in [5.41, 5.74) is 0.759. The summed E-state index contributed by atoms with van der Waals surface area (Å²) in [4.78, 5) is 11.5. The minimum absolute atomic E-state index is 0.000223. The van der Waals surface area contributed by atoms with Crippen molar-refractivity contribution in [2.24, 2.45) is 0 Å². The van der Waals surface area contributed by atoms with Gasteiger partial charge in [-0.25, -0.2) is 4.79 Å². The number of rotatable bonds is 7. The van der Waals surface area contributed by atoms with Gasteiger partial charge in [-0.2, -0.15) is 8.42 Å². The average Bonchev–Trinajstić information content (AvgIpc) is 2.60. The third-order valence-electron chi connectivity index (χ3n) is 3.24. The minimum Gasteiger partial charge on any atom is -0.508 e. The highest BCUT2D eigenvalue weighted by Crippen LogP contribution is 2.21.